The van der Waals surface area contributed by atoms with Gasteiger partial charge in [-0.05, 0) is 0 Å². The molecule has 2 rings (SSSR count). The van der Waals surface area contributed by atoms with Gasteiger partial charge in [-0.2, -0.15) is 0 Å². The van der Waals surface area contributed by atoms with E-state index in [1.54, 1.807) is 6.92 Å². The van der Waals surface area contributed by atoms with Crippen LogP contribution in [0, 0.1) is 6.92 Å². The fourth-order valence-electron chi connectivity index (χ4n) is 0.906. The van der Waals surface area contributed by atoms with Crippen molar-refractivity contribution in [1.82, 2.24) is 20.2 Å². The summed E-state index contributed by atoms with van der Waals surface area (Å²) < 4.78 is 5.15. The van der Waals surface area contributed by atoms with Crippen LogP contribution in [-0.2, 0) is 0 Å². The Kier molecular flexibility index (Phi) is 1.66. The standard InChI is InChI=1S/C7H7N5O/c1-4-11-12-7(13-4)5-6(8)10-3-2-9-5/h2-3H,1H3,(H2,8,10). The Labute approximate surface area is 73.8 Å². The van der Waals surface area contributed by atoms with Gasteiger partial charge in [-0.3, -0.25) is 0 Å². The Bertz CT molecular complexity index is 424. The average molecular weight is 177 g/mol. The molecular weight excluding hydrogens is 170 g/mol. The van der Waals surface area contributed by atoms with E-state index in [0.29, 0.717) is 17.5 Å². The van der Waals surface area contributed by atoms with Gasteiger partial charge < -0.3 is 10.2 Å². The van der Waals surface area contributed by atoms with Crippen LogP contribution in [0.4, 0.5) is 5.82 Å². The summed E-state index contributed by atoms with van der Waals surface area (Å²) in [5.41, 5.74) is 5.98. The third-order valence-electron chi connectivity index (χ3n) is 1.46. The summed E-state index contributed by atoms with van der Waals surface area (Å²) in [5, 5.41) is 7.44. The zero-order valence-electron chi connectivity index (χ0n) is 6.93. The Morgan fingerprint density at radius 3 is 2.62 bits per heavy atom. The molecule has 6 nitrogen and oxygen atoms in total. The van der Waals surface area contributed by atoms with Crippen LogP contribution in [0.15, 0.2) is 16.8 Å². The maximum Gasteiger partial charge on any atom is 0.270 e. The summed E-state index contributed by atoms with van der Waals surface area (Å²) in [7, 11) is 0. The van der Waals surface area contributed by atoms with Gasteiger partial charge in [0, 0.05) is 19.3 Å². The van der Waals surface area contributed by atoms with E-state index in [9.17, 15) is 0 Å². The first kappa shape index (κ1) is 7.66. The lowest BCUT2D eigenvalue weighted by Gasteiger charge is -1.95. The molecule has 66 valence electrons. The third kappa shape index (κ3) is 1.33. The van der Waals surface area contributed by atoms with Crippen LogP contribution in [0.3, 0.4) is 0 Å². The summed E-state index contributed by atoms with van der Waals surface area (Å²) in [6.45, 7) is 1.70. The first-order valence-electron chi connectivity index (χ1n) is 3.64. The molecule has 13 heavy (non-hydrogen) atoms. The average Bonchev–Trinajstić information content (AvgIpc) is 2.53. The number of aryl methyl sites for hydroxylation is 1. The molecule has 0 saturated carbocycles. The van der Waals surface area contributed by atoms with Gasteiger partial charge in [0.1, 0.15) is 0 Å². The van der Waals surface area contributed by atoms with Crippen molar-refractivity contribution in [2.75, 3.05) is 5.73 Å². The Morgan fingerprint density at radius 1 is 1.23 bits per heavy atom. The summed E-state index contributed by atoms with van der Waals surface area (Å²) >= 11 is 0. The number of rotatable bonds is 1. The number of nitrogen functional groups attached to an aromatic ring is 1. The van der Waals surface area contributed by atoms with Crippen molar-refractivity contribution in [1.29, 1.82) is 0 Å². The van der Waals surface area contributed by atoms with Crippen LogP contribution in [0.5, 0.6) is 0 Å². The molecule has 2 heterocycles. The minimum absolute atomic E-state index is 0.283. The summed E-state index contributed by atoms with van der Waals surface area (Å²) in [6, 6.07) is 0. The van der Waals surface area contributed by atoms with Crippen molar-refractivity contribution in [3.05, 3.63) is 18.3 Å². The van der Waals surface area contributed by atoms with Crippen LogP contribution in [0.2, 0.25) is 0 Å². The maximum absolute atomic E-state index is 5.56. The summed E-state index contributed by atoms with van der Waals surface area (Å²) in [4.78, 5) is 7.83. The fraction of sp³-hybridized carbons (Fsp3) is 0.143. The first-order valence-corrected chi connectivity index (χ1v) is 3.64. The highest BCUT2D eigenvalue weighted by Crippen LogP contribution is 2.18. The fourth-order valence-corrected chi connectivity index (χ4v) is 0.906. The van der Waals surface area contributed by atoms with Crippen LogP contribution in [-0.4, -0.2) is 20.2 Å². The lowest BCUT2D eigenvalue weighted by Crippen LogP contribution is -1.95. The van der Waals surface area contributed by atoms with Crippen LogP contribution < -0.4 is 5.73 Å². The predicted octanol–water partition coefficient (Wildman–Crippen LogP) is 0.417. The molecule has 0 aromatic carbocycles. The van der Waals surface area contributed by atoms with Crippen molar-refractivity contribution in [2.45, 2.75) is 6.92 Å². The van der Waals surface area contributed by atoms with E-state index >= 15 is 0 Å². The molecule has 0 atom stereocenters. The second-order valence-electron chi connectivity index (χ2n) is 2.42. The molecule has 2 aromatic heterocycles. The van der Waals surface area contributed by atoms with Crippen molar-refractivity contribution in [2.24, 2.45) is 0 Å². The molecule has 0 aliphatic rings. The molecule has 0 bridgehead atoms. The van der Waals surface area contributed by atoms with Gasteiger partial charge in [0.05, 0.1) is 0 Å². The second kappa shape index (κ2) is 2.81. The van der Waals surface area contributed by atoms with E-state index in [2.05, 4.69) is 20.2 Å². The van der Waals surface area contributed by atoms with E-state index in [4.69, 9.17) is 10.2 Å². The molecule has 0 saturated heterocycles. The molecular formula is C7H7N5O. The Hall–Kier alpha value is -1.98. The van der Waals surface area contributed by atoms with Gasteiger partial charge in [-0.1, -0.05) is 0 Å². The number of aromatic nitrogens is 4. The van der Waals surface area contributed by atoms with Gasteiger partial charge in [0.15, 0.2) is 11.5 Å². The normalized spacial score (nSPS) is 10.2. The first-order chi connectivity index (χ1) is 6.27. The number of nitrogens with zero attached hydrogens (tertiary/aromatic N) is 4. The molecule has 0 unspecified atom stereocenters. The predicted molar refractivity (Wildman–Crippen MR) is 44.5 cm³/mol. The summed E-state index contributed by atoms with van der Waals surface area (Å²) in [6.07, 6.45) is 3.02. The lowest BCUT2D eigenvalue weighted by molar-refractivity contribution is 0.531. The molecule has 0 aliphatic carbocycles. The highest BCUT2D eigenvalue weighted by atomic mass is 16.4. The summed E-state index contributed by atoms with van der Waals surface area (Å²) in [5.74, 6) is 1.05. The molecule has 2 N–H and O–H groups in total. The molecule has 2 aromatic rings. The SMILES string of the molecule is Cc1nnc(-c2nccnc2N)o1. The monoisotopic (exact) mass is 177 g/mol. The van der Waals surface area contributed by atoms with Crippen LogP contribution in [0.25, 0.3) is 11.6 Å². The van der Waals surface area contributed by atoms with E-state index in [-0.39, 0.29) is 5.82 Å². The topological polar surface area (TPSA) is 90.7 Å². The Balaban J connectivity index is 2.52. The van der Waals surface area contributed by atoms with Crippen molar-refractivity contribution < 1.29 is 4.42 Å². The largest absolute Gasteiger partial charge is 0.420 e. The Morgan fingerprint density at radius 2 is 2.00 bits per heavy atom. The maximum atomic E-state index is 5.56. The van der Waals surface area contributed by atoms with E-state index < -0.39 is 0 Å². The quantitative estimate of drug-likeness (QED) is 0.678. The molecule has 0 amide bonds. The van der Waals surface area contributed by atoms with Gasteiger partial charge >= 0.3 is 0 Å². The van der Waals surface area contributed by atoms with Gasteiger partial charge in [0.25, 0.3) is 5.89 Å². The van der Waals surface area contributed by atoms with Gasteiger partial charge in [-0.15, -0.1) is 10.2 Å². The lowest BCUT2D eigenvalue weighted by atomic mass is 10.4. The molecule has 0 aliphatic heterocycles. The number of nitrogens with two attached hydrogens (primary N) is 1. The molecule has 0 fully saturated rings. The van der Waals surface area contributed by atoms with E-state index in [1.165, 1.54) is 12.4 Å². The minimum atomic E-state index is 0.283. The minimum Gasteiger partial charge on any atom is -0.420 e. The van der Waals surface area contributed by atoms with Gasteiger partial charge in [-0.25, -0.2) is 9.97 Å². The van der Waals surface area contributed by atoms with Crippen molar-refractivity contribution in [3.63, 3.8) is 0 Å². The molecule has 0 spiro atoms. The zero-order chi connectivity index (χ0) is 9.26. The van der Waals surface area contributed by atoms with E-state index in [0.717, 1.165) is 0 Å². The van der Waals surface area contributed by atoms with Crippen LogP contribution >= 0.6 is 0 Å². The second-order valence-corrected chi connectivity index (χ2v) is 2.42. The number of hydrogen-bond donors (Lipinski definition) is 1. The third-order valence-corrected chi connectivity index (χ3v) is 1.46. The number of hydrogen-bond acceptors (Lipinski definition) is 6. The van der Waals surface area contributed by atoms with Crippen molar-refractivity contribution in [3.8, 4) is 11.6 Å². The van der Waals surface area contributed by atoms with Gasteiger partial charge in [0.2, 0.25) is 5.89 Å². The molecule has 6 heteroatoms. The van der Waals surface area contributed by atoms with Crippen molar-refractivity contribution >= 4 is 5.82 Å². The number of anilines is 1. The highest BCUT2D eigenvalue weighted by molar-refractivity contribution is 5.60. The van der Waals surface area contributed by atoms with Crippen LogP contribution in [0.1, 0.15) is 5.89 Å². The van der Waals surface area contributed by atoms with E-state index in [1.807, 2.05) is 0 Å². The zero-order valence-corrected chi connectivity index (χ0v) is 6.93. The highest BCUT2D eigenvalue weighted by Gasteiger charge is 2.10. The smallest absolute Gasteiger partial charge is 0.270 e. The molecule has 0 radical (unpaired) electrons.